The van der Waals surface area contributed by atoms with Crippen LogP contribution in [-0.2, 0) is 11.2 Å². The van der Waals surface area contributed by atoms with Crippen LogP contribution in [0.3, 0.4) is 0 Å². The summed E-state index contributed by atoms with van der Waals surface area (Å²) in [4.78, 5) is 19.9. The minimum Gasteiger partial charge on any atom is -0.429 e. The molecule has 0 bridgehead atoms. The fraction of sp³-hybridized carbons (Fsp3) is 0.250. The van der Waals surface area contributed by atoms with Crippen LogP contribution in [0.25, 0.3) is 5.65 Å². The highest BCUT2D eigenvalue weighted by atomic mass is 19.3. The first kappa shape index (κ1) is 19.4. The van der Waals surface area contributed by atoms with Gasteiger partial charge in [-0.25, -0.2) is 23.1 Å². The number of nitrogens with zero attached hydrogens (tertiary/aromatic N) is 5. The molecule has 0 fully saturated rings. The van der Waals surface area contributed by atoms with Gasteiger partial charge in [-0.2, -0.15) is 14.1 Å². The summed E-state index contributed by atoms with van der Waals surface area (Å²) in [7, 11) is 1.49. The third-order valence-corrected chi connectivity index (χ3v) is 3.74. The molecule has 0 aliphatic heterocycles. The molecule has 3 aromatic rings. The molecule has 0 radical (unpaired) electrons. The summed E-state index contributed by atoms with van der Waals surface area (Å²) in [5.74, 6) is -0.736. The molecule has 0 aliphatic carbocycles. The molecule has 0 aliphatic rings. The highest BCUT2D eigenvalue weighted by molar-refractivity contribution is 5.90. The number of carbonyl (C=O) groups excluding carboxylic acids is 1. The van der Waals surface area contributed by atoms with Gasteiger partial charge in [-0.15, -0.1) is 5.10 Å². The lowest BCUT2D eigenvalue weighted by Crippen LogP contribution is -2.18. The second-order valence-corrected chi connectivity index (χ2v) is 5.60. The Hall–Kier alpha value is -3.41. The normalized spacial score (nSPS) is 12.1. The van der Waals surface area contributed by atoms with Crippen LogP contribution in [0.5, 0.6) is 0 Å². The lowest BCUT2D eigenvalue weighted by atomic mass is 10.2. The van der Waals surface area contributed by atoms with Gasteiger partial charge in [-0.05, 0) is 12.1 Å². The van der Waals surface area contributed by atoms with Gasteiger partial charge in [0.25, 0.3) is 6.43 Å². The van der Waals surface area contributed by atoms with Crippen molar-refractivity contribution in [1.82, 2.24) is 19.3 Å². The van der Waals surface area contributed by atoms with E-state index >= 15 is 0 Å². The van der Waals surface area contributed by atoms with Crippen molar-refractivity contribution >= 4 is 17.4 Å². The first-order valence-electron chi connectivity index (χ1n) is 7.97. The van der Waals surface area contributed by atoms with Crippen LogP contribution in [0.4, 0.5) is 23.7 Å². The second kappa shape index (κ2) is 8.08. The third-order valence-electron chi connectivity index (χ3n) is 3.74. The van der Waals surface area contributed by atoms with Gasteiger partial charge in [0.15, 0.2) is 5.65 Å². The average molecular weight is 396 g/mol. The van der Waals surface area contributed by atoms with Crippen molar-refractivity contribution in [2.75, 3.05) is 19.0 Å². The van der Waals surface area contributed by atoms with E-state index < -0.39 is 24.1 Å². The summed E-state index contributed by atoms with van der Waals surface area (Å²) >= 11 is 0. The zero-order valence-corrected chi connectivity index (χ0v) is 14.5. The lowest BCUT2D eigenvalue weighted by molar-refractivity contribution is 0.0927. The monoisotopic (exact) mass is 396 g/mol. The largest absolute Gasteiger partial charge is 0.429 e. The van der Waals surface area contributed by atoms with E-state index in [4.69, 9.17) is 4.74 Å². The number of halogens is 3. The molecule has 3 aromatic heterocycles. The van der Waals surface area contributed by atoms with E-state index in [0.717, 1.165) is 18.3 Å². The molecule has 9 nitrogen and oxygen atoms in total. The molecule has 0 aromatic carbocycles. The molecule has 2 amide bonds. The van der Waals surface area contributed by atoms with Gasteiger partial charge in [0.2, 0.25) is 5.95 Å². The Balaban J connectivity index is 1.93. The number of ether oxygens (including phenoxy) is 1. The van der Waals surface area contributed by atoms with Crippen LogP contribution in [-0.4, -0.2) is 44.3 Å². The topological polar surface area (TPSA) is 106 Å². The zero-order chi connectivity index (χ0) is 20.3. The smallest absolute Gasteiger partial charge is 0.346 e. The average Bonchev–Trinajstić information content (AvgIpc) is 3.02. The molecule has 0 unspecified atom stereocenters. The van der Waals surface area contributed by atoms with Crippen LogP contribution < -0.4 is 10.7 Å². The molecule has 0 saturated carbocycles. The maximum absolute atomic E-state index is 13.4. The van der Waals surface area contributed by atoms with E-state index in [-0.39, 0.29) is 34.4 Å². The number of aromatic nitrogens is 4. The first-order valence-corrected chi connectivity index (χ1v) is 7.97. The molecule has 28 heavy (non-hydrogen) atoms. The van der Waals surface area contributed by atoms with Crippen LogP contribution in [0.15, 0.2) is 35.6 Å². The third kappa shape index (κ3) is 4.11. The van der Waals surface area contributed by atoms with E-state index in [0.29, 0.717) is 5.69 Å². The molecule has 2 N–H and O–H groups in total. The summed E-state index contributed by atoms with van der Waals surface area (Å²) in [6.07, 6.45) is -0.410. The summed E-state index contributed by atoms with van der Waals surface area (Å²) in [5, 5.41) is 15.4. The highest BCUT2D eigenvalue weighted by Crippen LogP contribution is 2.18. The van der Waals surface area contributed by atoms with Crippen LogP contribution in [0, 0.1) is 5.95 Å². The van der Waals surface area contributed by atoms with Crippen LogP contribution in [0.2, 0.25) is 0 Å². The number of rotatable bonds is 5. The number of anilines is 1. The molecule has 0 atom stereocenters. The molecular weight excluding hydrogens is 381 g/mol. The van der Waals surface area contributed by atoms with E-state index in [1.807, 2.05) is 0 Å². The van der Waals surface area contributed by atoms with Gasteiger partial charge < -0.3 is 15.3 Å². The number of hydrogen-bond acceptors (Lipinski definition) is 5. The van der Waals surface area contributed by atoms with E-state index in [1.54, 1.807) is 0 Å². The maximum atomic E-state index is 13.4. The number of alkyl halides is 2. The second-order valence-electron chi connectivity index (χ2n) is 5.60. The minimum absolute atomic E-state index is 0.0873. The number of amides is 2. The number of carbonyl (C=O) groups is 1. The Morgan fingerprint density at radius 2 is 2.21 bits per heavy atom. The van der Waals surface area contributed by atoms with Gasteiger partial charge in [0.05, 0.1) is 29.5 Å². The van der Waals surface area contributed by atoms with Gasteiger partial charge in [0.1, 0.15) is 5.69 Å². The van der Waals surface area contributed by atoms with Crippen molar-refractivity contribution in [3.05, 3.63) is 53.3 Å². The predicted molar refractivity (Wildman–Crippen MR) is 89.7 cm³/mol. The van der Waals surface area contributed by atoms with Gasteiger partial charge in [-0.1, -0.05) is 0 Å². The highest BCUT2D eigenvalue weighted by Gasteiger charge is 2.15. The van der Waals surface area contributed by atoms with Crippen molar-refractivity contribution < 1.29 is 27.9 Å². The Bertz CT molecular complexity index is 1080. The summed E-state index contributed by atoms with van der Waals surface area (Å²) in [6, 6.07) is 2.32. The quantitative estimate of drug-likeness (QED) is 0.643. The van der Waals surface area contributed by atoms with Gasteiger partial charge in [-0.3, -0.25) is 0 Å². The number of nitrogens with one attached hydrogen (secondary N) is 1. The molecule has 3 heterocycles. The van der Waals surface area contributed by atoms with E-state index in [9.17, 15) is 23.2 Å². The molecule has 12 heteroatoms. The lowest BCUT2D eigenvalue weighted by Gasteiger charge is -2.10. The Morgan fingerprint density at radius 1 is 1.43 bits per heavy atom. The SMILES string of the molecule is COCCc1c(NC(=O)N=c2ccn(O)c(C(F)F)c2)cnc2cc(F)nn12. The van der Waals surface area contributed by atoms with E-state index in [1.165, 1.54) is 23.9 Å². The first-order chi connectivity index (χ1) is 13.4. The van der Waals surface area contributed by atoms with Gasteiger partial charge in [0, 0.05) is 25.8 Å². The molecular formula is C16H15F3N6O3. The van der Waals surface area contributed by atoms with Crippen molar-refractivity contribution in [2.24, 2.45) is 4.99 Å². The molecule has 3 rings (SSSR count). The Labute approximate surface area is 155 Å². The Morgan fingerprint density at radius 3 is 2.93 bits per heavy atom. The predicted octanol–water partition coefficient (Wildman–Crippen LogP) is 2.17. The molecule has 0 spiro atoms. The molecule has 148 valence electrons. The number of methoxy groups -OCH3 is 1. The molecule has 0 saturated heterocycles. The van der Waals surface area contributed by atoms with Crippen molar-refractivity contribution in [2.45, 2.75) is 12.8 Å². The fourth-order valence-corrected chi connectivity index (χ4v) is 2.49. The zero-order valence-electron chi connectivity index (χ0n) is 14.5. The number of pyridine rings is 1. The summed E-state index contributed by atoms with van der Waals surface area (Å²) < 4.78 is 45.6. The summed E-state index contributed by atoms with van der Waals surface area (Å²) in [5.41, 5.74) is 0.165. The van der Waals surface area contributed by atoms with Crippen LogP contribution in [0.1, 0.15) is 17.8 Å². The van der Waals surface area contributed by atoms with Crippen molar-refractivity contribution in [3.63, 3.8) is 0 Å². The van der Waals surface area contributed by atoms with Crippen LogP contribution >= 0.6 is 0 Å². The van der Waals surface area contributed by atoms with Crippen molar-refractivity contribution in [3.8, 4) is 0 Å². The standard InChI is InChI=1S/C16H15F3N6O3/c1-28-5-3-11-10(8-20-14-7-13(17)23-25(11)14)22-16(26)21-9-2-4-24(27)12(6-9)15(18)19/h2,4,6-8,15,27H,3,5H2,1H3,(H,22,26). The number of hydrogen-bond donors (Lipinski definition) is 2. The van der Waals surface area contributed by atoms with E-state index in [2.05, 4.69) is 20.4 Å². The van der Waals surface area contributed by atoms with Gasteiger partial charge >= 0.3 is 6.03 Å². The maximum Gasteiger partial charge on any atom is 0.346 e. The fourth-order valence-electron chi connectivity index (χ4n) is 2.49. The Kier molecular flexibility index (Phi) is 5.59. The minimum atomic E-state index is -2.95. The van der Waals surface area contributed by atoms with Crippen molar-refractivity contribution in [1.29, 1.82) is 0 Å². The summed E-state index contributed by atoms with van der Waals surface area (Å²) in [6.45, 7) is 0.271. The number of fused-ring (bicyclic) bond motifs is 1. The number of urea groups is 1.